The molecule has 4 N–H and O–H groups in total. The quantitative estimate of drug-likeness (QED) is 0.524. The third-order valence-corrected chi connectivity index (χ3v) is 4.07. The summed E-state index contributed by atoms with van der Waals surface area (Å²) in [6, 6.07) is 3.89. The second-order valence-corrected chi connectivity index (χ2v) is 7.44. The van der Waals surface area contributed by atoms with Gasteiger partial charge in [0.15, 0.2) is 5.82 Å². The molecule has 2 aromatic rings. The smallest absolute Gasteiger partial charge is 0.231 e. The molecule has 2 rings (SSSR count). The number of nitrogens with zero attached hydrogens (tertiary/aromatic N) is 3. The fourth-order valence-corrected chi connectivity index (χ4v) is 2.73. The Hall–Kier alpha value is -2.59. The maximum atomic E-state index is 9.83. The molecule has 140 valence electrons. The Morgan fingerprint density at radius 3 is 2.62 bits per heavy atom. The van der Waals surface area contributed by atoms with Gasteiger partial charge in [-0.3, -0.25) is 5.10 Å². The van der Waals surface area contributed by atoms with Crippen LogP contribution in [0.3, 0.4) is 0 Å². The number of hydrogen-bond acceptors (Lipinski definition) is 5. The van der Waals surface area contributed by atoms with E-state index < -0.39 is 5.60 Å². The van der Waals surface area contributed by atoms with Crippen LogP contribution in [-0.4, -0.2) is 31.9 Å². The maximum absolute atomic E-state index is 9.83. The number of aryl methyl sites for hydroxylation is 2. The minimum Gasteiger partial charge on any atom is -0.390 e. The van der Waals surface area contributed by atoms with Crippen molar-refractivity contribution in [2.24, 2.45) is 0 Å². The zero-order chi connectivity index (χ0) is 19.3. The Labute approximate surface area is 155 Å². The molecular formula is C19H28N6O. The lowest BCUT2D eigenvalue weighted by molar-refractivity contribution is 0.0680. The van der Waals surface area contributed by atoms with Gasteiger partial charge in [-0.15, -0.1) is 0 Å². The van der Waals surface area contributed by atoms with Gasteiger partial charge in [-0.2, -0.15) is 5.10 Å². The molecule has 0 fully saturated rings. The van der Waals surface area contributed by atoms with Crippen molar-refractivity contribution in [1.82, 2.24) is 15.2 Å². The monoisotopic (exact) mass is 356 g/mol. The molecule has 0 spiro atoms. The topological polar surface area (TPSA) is 90.2 Å². The Kier molecular flexibility index (Phi) is 6.22. The zero-order valence-corrected chi connectivity index (χ0v) is 16.1. The van der Waals surface area contributed by atoms with E-state index in [4.69, 9.17) is 6.57 Å². The van der Waals surface area contributed by atoms with E-state index in [-0.39, 0.29) is 6.04 Å². The van der Waals surface area contributed by atoms with Crippen molar-refractivity contribution >= 4 is 23.1 Å². The first kappa shape index (κ1) is 19.7. The van der Waals surface area contributed by atoms with Gasteiger partial charge in [0, 0.05) is 17.8 Å². The highest BCUT2D eigenvalue weighted by molar-refractivity contribution is 5.73. The van der Waals surface area contributed by atoms with Crippen LogP contribution in [0.15, 0.2) is 12.1 Å². The number of hydrogen-bond donors (Lipinski definition) is 4. The Morgan fingerprint density at radius 1 is 1.31 bits per heavy atom. The average Bonchev–Trinajstić information content (AvgIpc) is 2.90. The summed E-state index contributed by atoms with van der Waals surface area (Å²) in [5.41, 5.74) is 1.70. The van der Waals surface area contributed by atoms with Gasteiger partial charge >= 0.3 is 0 Å². The van der Waals surface area contributed by atoms with Gasteiger partial charge in [0.2, 0.25) is 5.69 Å². The molecule has 0 aromatic carbocycles. The molecule has 0 saturated heterocycles. The molecule has 0 aliphatic rings. The number of rotatable bonds is 8. The molecular weight excluding hydrogens is 328 g/mol. The highest BCUT2D eigenvalue weighted by Crippen LogP contribution is 2.31. The number of pyridine rings is 1. The van der Waals surface area contributed by atoms with Crippen LogP contribution >= 0.6 is 0 Å². The minimum atomic E-state index is -0.651. The maximum Gasteiger partial charge on any atom is 0.231 e. The van der Waals surface area contributed by atoms with Gasteiger partial charge in [0.05, 0.1) is 12.2 Å². The molecule has 0 aliphatic heterocycles. The van der Waals surface area contributed by atoms with Crippen LogP contribution in [0.1, 0.15) is 51.3 Å². The standard InChI is InChI=1S/C19H28N6O/c1-12-10-15(22-16-11-14(3)24-25-16)23-18(17(12)20-6)21-13(2)8-7-9-19(4,5)26/h10-11,13,26H,7-9H2,1-5H3,(H3,21,22,23,24,25). The van der Waals surface area contributed by atoms with Crippen LogP contribution in [0.5, 0.6) is 0 Å². The van der Waals surface area contributed by atoms with E-state index in [2.05, 4.69) is 37.6 Å². The van der Waals surface area contributed by atoms with E-state index in [0.29, 0.717) is 23.1 Å². The molecule has 2 aromatic heterocycles. The Morgan fingerprint density at radius 2 is 2.04 bits per heavy atom. The second-order valence-electron chi connectivity index (χ2n) is 7.44. The fraction of sp³-hybridized carbons (Fsp3) is 0.526. The summed E-state index contributed by atoms with van der Waals surface area (Å²) in [4.78, 5) is 8.20. The number of H-pyrrole nitrogens is 1. The number of anilines is 3. The Bertz CT molecular complexity index is 784. The summed E-state index contributed by atoms with van der Waals surface area (Å²) >= 11 is 0. The van der Waals surface area contributed by atoms with Crippen molar-refractivity contribution in [3.63, 3.8) is 0 Å². The average molecular weight is 356 g/mol. The van der Waals surface area contributed by atoms with Crippen molar-refractivity contribution in [3.05, 3.63) is 34.8 Å². The molecule has 1 unspecified atom stereocenters. The van der Waals surface area contributed by atoms with Gasteiger partial charge in [-0.25, -0.2) is 9.83 Å². The van der Waals surface area contributed by atoms with E-state index in [1.54, 1.807) is 0 Å². The van der Waals surface area contributed by atoms with Crippen LogP contribution in [0, 0.1) is 20.4 Å². The Balaban J connectivity index is 2.11. The van der Waals surface area contributed by atoms with Crippen LogP contribution in [0.4, 0.5) is 23.1 Å². The van der Waals surface area contributed by atoms with Crippen molar-refractivity contribution in [2.75, 3.05) is 10.6 Å². The van der Waals surface area contributed by atoms with Crippen LogP contribution < -0.4 is 10.6 Å². The number of aliphatic hydroxyl groups is 1. The molecule has 0 aliphatic carbocycles. The number of nitrogens with one attached hydrogen (secondary N) is 3. The molecule has 0 saturated carbocycles. The summed E-state index contributed by atoms with van der Waals surface area (Å²) in [6.45, 7) is 17.0. The van der Waals surface area contributed by atoms with E-state index >= 15 is 0 Å². The molecule has 0 amide bonds. The molecule has 0 radical (unpaired) electrons. The normalized spacial score (nSPS) is 12.5. The highest BCUT2D eigenvalue weighted by atomic mass is 16.3. The lowest BCUT2D eigenvalue weighted by atomic mass is 10.00. The van der Waals surface area contributed by atoms with E-state index in [9.17, 15) is 5.11 Å². The van der Waals surface area contributed by atoms with E-state index in [1.165, 1.54) is 0 Å². The zero-order valence-electron chi connectivity index (χ0n) is 16.1. The van der Waals surface area contributed by atoms with Crippen molar-refractivity contribution in [1.29, 1.82) is 0 Å². The van der Waals surface area contributed by atoms with Crippen LogP contribution in [0.25, 0.3) is 4.85 Å². The van der Waals surface area contributed by atoms with E-state index in [0.717, 1.165) is 30.5 Å². The highest BCUT2D eigenvalue weighted by Gasteiger charge is 2.15. The first-order valence-corrected chi connectivity index (χ1v) is 8.85. The van der Waals surface area contributed by atoms with Gasteiger partial charge in [-0.1, -0.05) is 0 Å². The summed E-state index contributed by atoms with van der Waals surface area (Å²) in [5, 5.41) is 23.4. The second kappa shape index (κ2) is 8.19. The molecule has 2 heterocycles. The third kappa shape index (κ3) is 5.74. The van der Waals surface area contributed by atoms with E-state index in [1.807, 2.05) is 39.8 Å². The summed E-state index contributed by atoms with van der Waals surface area (Å²) in [7, 11) is 0. The predicted molar refractivity (Wildman–Crippen MR) is 105 cm³/mol. The molecule has 26 heavy (non-hydrogen) atoms. The van der Waals surface area contributed by atoms with Gasteiger partial charge < -0.3 is 15.7 Å². The summed E-state index contributed by atoms with van der Waals surface area (Å²) in [5.74, 6) is 1.91. The van der Waals surface area contributed by atoms with Gasteiger partial charge in [0.1, 0.15) is 11.6 Å². The first-order valence-electron chi connectivity index (χ1n) is 8.85. The molecule has 7 nitrogen and oxygen atoms in total. The fourth-order valence-electron chi connectivity index (χ4n) is 2.73. The lowest BCUT2D eigenvalue weighted by Crippen LogP contribution is -2.21. The van der Waals surface area contributed by atoms with Crippen LogP contribution in [0.2, 0.25) is 0 Å². The van der Waals surface area contributed by atoms with Gasteiger partial charge in [0.25, 0.3) is 0 Å². The lowest BCUT2D eigenvalue weighted by Gasteiger charge is -2.20. The summed E-state index contributed by atoms with van der Waals surface area (Å²) in [6.07, 6.45) is 2.52. The third-order valence-electron chi connectivity index (χ3n) is 4.07. The minimum absolute atomic E-state index is 0.146. The SMILES string of the molecule is [C-]#[N+]c1c(C)cc(Nc2cc(C)[nH]n2)nc1NC(C)CCCC(C)(C)O. The van der Waals surface area contributed by atoms with Gasteiger partial charge in [-0.05, 0) is 65.5 Å². The largest absolute Gasteiger partial charge is 0.390 e. The molecule has 0 bridgehead atoms. The predicted octanol–water partition coefficient (Wildman–Crippen LogP) is 4.46. The van der Waals surface area contributed by atoms with Crippen molar-refractivity contribution in [2.45, 2.75) is 65.5 Å². The number of aromatic nitrogens is 3. The number of aromatic amines is 1. The van der Waals surface area contributed by atoms with Crippen LogP contribution in [-0.2, 0) is 0 Å². The summed E-state index contributed by atoms with van der Waals surface area (Å²) < 4.78 is 0. The first-order chi connectivity index (χ1) is 12.2. The van der Waals surface area contributed by atoms with Crippen molar-refractivity contribution < 1.29 is 5.11 Å². The molecule has 7 heteroatoms. The molecule has 1 atom stereocenters. The van der Waals surface area contributed by atoms with Crippen molar-refractivity contribution in [3.8, 4) is 0 Å².